The summed E-state index contributed by atoms with van der Waals surface area (Å²) < 4.78 is 5.18. The summed E-state index contributed by atoms with van der Waals surface area (Å²) in [5, 5.41) is 5.04. The van der Waals surface area contributed by atoms with Gasteiger partial charge in [0.05, 0.1) is 19.7 Å². The third kappa shape index (κ3) is 6.31. The number of nitrogens with zero attached hydrogens (tertiary/aromatic N) is 2. The summed E-state index contributed by atoms with van der Waals surface area (Å²) in [6.07, 6.45) is 2.12. The lowest BCUT2D eigenvalue weighted by Crippen LogP contribution is -2.46. The Balaban J connectivity index is 1.43. The van der Waals surface area contributed by atoms with Crippen LogP contribution in [0.4, 0.5) is 0 Å². The van der Waals surface area contributed by atoms with Crippen LogP contribution in [0, 0.1) is 0 Å². The molecule has 3 rings (SSSR count). The van der Waals surface area contributed by atoms with Crippen molar-refractivity contribution in [3.8, 4) is 5.75 Å². The van der Waals surface area contributed by atoms with Gasteiger partial charge >= 0.3 is 0 Å². The van der Waals surface area contributed by atoms with E-state index >= 15 is 0 Å². The molecule has 0 spiro atoms. The van der Waals surface area contributed by atoms with Gasteiger partial charge in [-0.05, 0) is 48.9 Å². The Bertz CT molecular complexity index is 808. The summed E-state index contributed by atoms with van der Waals surface area (Å²) in [6, 6.07) is 11.7. The Morgan fingerprint density at radius 2 is 1.93 bits per heavy atom. The quantitative estimate of drug-likeness (QED) is 0.701. The number of hydrogen-bond acceptors (Lipinski definition) is 5. The molecule has 7 heteroatoms. The molecule has 0 saturated carbocycles. The van der Waals surface area contributed by atoms with Gasteiger partial charge in [0.2, 0.25) is 11.8 Å². The number of carbonyl (C=O) groups excluding carboxylic acids is 2. The molecule has 1 aromatic heterocycles. The lowest BCUT2D eigenvalue weighted by molar-refractivity contribution is -0.131. The van der Waals surface area contributed by atoms with Gasteiger partial charge < -0.3 is 15.0 Å². The third-order valence-electron chi connectivity index (χ3n) is 5.61. The Morgan fingerprint density at radius 3 is 2.63 bits per heavy atom. The zero-order chi connectivity index (χ0) is 21.3. The van der Waals surface area contributed by atoms with Crippen LogP contribution in [0.15, 0.2) is 41.8 Å². The monoisotopic (exact) mass is 429 g/mol. The van der Waals surface area contributed by atoms with Crippen LogP contribution in [-0.2, 0) is 22.6 Å². The normalized spacial score (nSPS) is 16.0. The van der Waals surface area contributed by atoms with E-state index in [1.165, 1.54) is 0 Å². The van der Waals surface area contributed by atoms with Crippen molar-refractivity contribution in [1.29, 1.82) is 0 Å². The number of carbonyl (C=O) groups is 2. The highest BCUT2D eigenvalue weighted by Crippen LogP contribution is 2.14. The number of thiophene rings is 1. The van der Waals surface area contributed by atoms with Crippen molar-refractivity contribution in [2.45, 2.75) is 38.8 Å². The van der Waals surface area contributed by atoms with Crippen LogP contribution in [-0.4, -0.2) is 60.9 Å². The van der Waals surface area contributed by atoms with Gasteiger partial charge in [-0.1, -0.05) is 18.2 Å². The Labute approximate surface area is 182 Å². The highest BCUT2D eigenvalue weighted by Gasteiger charge is 2.25. The van der Waals surface area contributed by atoms with Crippen molar-refractivity contribution in [2.24, 2.45) is 0 Å². The van der Waals surface area contributed by atoms with Crippen LogP contribution < -0.4 is 10.1 Å². The molecule has 0 bridgehead atoms. The highest BCUT2D eigenvalue weighted by molar-refractivity contribution is 7.09. The molecule has 0 radical (unpaired) electrons. The average Bonchev–Trinajstić information content (AvgIpc) is 3.18. The minimum absolute atomic E-state index is 0.0442. The summed E-state index contributed by atoms with van der Waals surface area (Å²) in [6.45, 7) is 5.50. The maximum absolute atomic E-state index is 12.7. The molecule has 1 aromatic carbocycles. The fourth-order valence-electron chi connectivity index (χ4n) is 3.68. The summed E-state index contributed by atoms with van der Waals surface area (Å²) in [5.41, 5.74) is 1.14. The number of benzene rings is 1. The standard InChI is InChI=1S/C23H31N3O3S/c1-18(23(28)24-17-21-5-3-16-30-21)25-12-4-13-26(15-14-25)22(27)11-8-19-6-9-20(29-2)10-7-19/h3,5-7,9-10,16,18H,4,8,11-15,17H2,1-2H3,(H,24,28). The van der Waals surface area contributed by atoms with Gasteiger partial charge in [0.15, 0.2) is 0 Å². The maximum atomic E-state index is 12.7. The van der Waals surface area contributed by atoms with E-state index in [-0.39, 0.29) is 17.9 Å². The molecule has 0 aliphatic carbocycles. The third-order valence-corrected chi connectivity index (χ3v) is 6.49. The number of rotatable bonds is 8. The minimum Gasteiger partial charge on any atom is -0.497 e. The van der Waals surface area contributed by atoms with Crippen molar-refractivity contribution in [3.63, 3.8) is 0 Å². The SMILES string of the molecule is COc1ccc(CCC(=O)N2CCCN(C(C)C(=O)NCc3cccs3)CC2)cc1. The topological polar surface area (TPSA) is 61.9 Å². The molecule has 1 aliphatic rings. The van der Waals surface area contributed by atoms with Crippen molar-refractivity contribution in [1.82, 2.24) is 15.1 Å². The first-order valence-electron chi connectivity index (χ1n) is 10.5. The lowest BCUT2D eigenvalue weighted by Gasteiger charge is -2.27. The van der Waals surface area contributed by atoms with Gasteiger partial charge in [0.1, 0.15) is 5.75 Å². The van der Waals surface area contributed by atoms with E-state index in [1.54, 1.807) is 18.4 Å². The fourth-order valence-corrected chi connectivity index (χ4v) is 4.32. The molecule has 162 valence electrons. The second-order valence-electron chi connectivity index (χ2n) is 7.59. The van der Waals surface area contributed by atoms with Crippen molar-refractivity contribution >= 4 is 23.2 Å². The Hall–Kier alpha value is -2.38. The molecule has 1 saturated heterocycles. The first kappa shape index (κ1) is 22.3. The number of nitrogens with one attached hydrogen (secondary N) is 1. The van der Waals surface area contributed by atoms with Gasteiger partial charge in [0, 0.05) is 37.5 Å². The fraction of sp³-hybridized carbons (Fsp3) is 0.478. The van der Waals surface area contributed by atoms with Crippen LogP contribution >= 0.6 is 11.3 Å². The van der Waals surface area contributed by atoms with E-state index in [4.69, 9.17) is 4.74 Å². The van der Waals surface area contributed by atoms with Crippen LogP contribution in [0.3, 0.4) is 0 Å². The Morgan fingerprint density at radius 1 is 1.13 bits per heavy atom. The van der Waals surface area contributed by atoms with E-state index in [0.717, 1.165) is 48.7 Å². The van der Waals surface area contributed by atoms with Gasteiger partial charge in [-0.3, -0.25) is 14.5 Å². The van der Waals surface area contributed by atoms with Crippen molar-refractivity contribution in [2.75, 3.05) is 33.3 Å². The molecule has 1 unspecified atom stereocenters. The largest absolute Gasteiger partial charge is 0.497 e. The van der Waals surface area contributed by atoms with E-state index in [0.29, 0.717) is 19.5 Å². The zero-order valence-electron chi connectivity index (χ0n) is 17.8. The first-order chi connectivity index (χ1) is 14.6. The van der Waals surface area contributed by atoms with Gasteiger partial charge in [-0.25, -0.2) is 0 Å². The predicted octanol–water partition coefficient (Wildman–Crippen LogP) is 2.93. The van der Waals surface area contributed by atoms with Crippen LogP contribution in [0.5, 0.6) is 5.75 Å². The number of ether oxygens (including phenoxy) is 1. The summed E-state index contributed by atoms with van der Waals surface area (Å²) >= 11 is 1.65. The molecular weight excluding hydrogens is 398 g/mol. The molecule has 6 nitrogen and oxygen atoms in total. The predicted molar refractivity (Wildman–Crippen MR) is 120 cm³/mol. The summed E-state index contributed by atoms with van der Waals surface area (Å²) in [4.78, 5) is 30.5. The van der Waals surface area contributed by atoms with E-state index in [2.05, 4.69) is 10.2 Å². The molecule has 2 aromatic rings. The Kier molecular flexibility index (Phi) is 8.28. The van der Waals surface area contributed by atoms with Gasteiger partial charge in [0.25, 0.3) is 0 Å². The van der Waals surface area contributed by atoms with Crippen LogP contribution in [0.1, 0.15) is 30.2 Å². The van der Waals surface area contributed by atoms with E-state index in [1.807, 2.05) is 53.6 Å². The van der Waals surface area contributed by atoms with Crippen molar-refractivity contribution < 1.29 is 14.3 Å². The minimum atomic E-state index is -0.195. The van der Waals surface area contributed by atoms with E-state index < -0.39 is 0 Å². The summed E-state index contributed by atoms with van der Waals surface area (Å²) in [5.74, 6) is 1.05. The molecule has 1 aliphatic heterocycles. The molecule has 2 heterocycles. The molecular formula is C23H31N3O3S. The lowest BCUT2D eigenvalue weighted by atomic mass is 10.1. The molecule has 30 heavy (non-hydrogen) atoms. The maximum Gasteiger partial charge on any atom is 0.237 e. The molecule has 1 N–H and O–H groups in total. The zero-order valence-corrected chi connectivity index (χ0v) is 18.6. The number of aryl methyl sites for hydroxylation is 1. The molecule has 2 amide bonds. The highest BCUT2D eigenvalue weighted by atomic mass is 32.1. The number of methoxy groups -OCH3 is 1. The average molecular weight is 430 g/mol. The van der Waals surface area contributed by atoms with E-state index in [9.17, 15) is 9.59 Å². The van der Waals surface area contributed by atoms with Crippen LogP contribution in [0.2, 0.25) is 0 Å². The first-order valence-corrected chi connectivity index (χ1v) is 11.4. The van der Waals surface area contributed by atoms with Gasteiger partial charge in [-0.2, -0.15) is 0 Å². The summed E-state index contributed by atoms with van der Waals surface area (Å²) in [7, 11) is 1.65. The second kappa shape index (κ2) is 11.1. The molecule has 1 atom stereocenters. The molecule has 1 fully saturated rings. The van der Waals surface area contributed by atoms with Crippen molar-refractivity contribution in [3.05, 3.63) is 52.2 Å². The number of hydrogen-bond donors (Lipinski definition) is 1. The second-order valence-corrected chi connectivity index (χ2v) is 8.62. The smallest absolute Gasteiger partial charge is 0.237 e. The van der Waals surface area contributed by atoms with Crippen LogP contribution in [0.25, 0.3) is 0 Å². The number of amides is 2. The van der Waals surface area contributed by atoms with Gasteiger partial charge in [-0.15, -0.1) is 11.3 Å².